The quantitative estimate of drug-likeness (QED) is 0.845. The average Bonchev–Trinajstić information content (AvgIpc) is 3.03. The van der Waals surface area contributed by atoms with E-state index in [9.17, 15) is 9.90 Å². The maximum Gasteiger partial charge on any atom is 0.360 e. The van der Waals surface area contributed by atoms with Gasteiger partial charge in [0.15, 0.2) is 0 Å². The van der Waals surface area contributed by atoms with Crippen molar-refractivity contribution in [2.45, 2.75) is 57.7 Å². The van der Waals surface area contributed by atoms with Crippen LogP contribution in [0.25, 0.3) is 10.9 Å². The predicted molar refractivity (Wildman–Crippen MR) is 103 cm³/mol. The number of rotatable bonds is 3. The third-order valence-corrected chi connectivity index (χ3v) is 7.27. The molecule has 27 heavy (non-hydrogen) atoms. The first-order valence-corrected chi connectivity index (χ1v) is 10.3. The van der Waals surface area contributed by atoms with Gasteiger partial charge in [0.05, 0.1) is 18.2 Å². The summed E-state index contributed by atoms with van der Waals surface area (Å²) in [5.41, 5.74) is 1.71. The zero-order chi connectivity index (χ0) is 18.8. The van der Waals surface area contributed by atoms with Gasteiger partial charge in [0, 0.05) is 24.0 Å². The van der Waals surface area contributed by atoms with Crippen LogP contribution in [0.3, 0.4) is 0 Å². The first-order valence-electron chi connectivity index (χ1n) is 10.3. The van der Waals surface area contributed by atoms with Crippen molar-refractivity contribution in [3.63, 3.8) is 0 Å². The third-order valence-electron chi connectivity index (χ3n) is 7.27. The maximum atomic E-state index is 13.1. The molecule has 0 aliphatic carbocycles. The second kappa shape index (κ2) is 5.82. The number of carbonyl (C=O) groups is 1. The van der Waals surface area contributed by atoms with Gasteiger partial charge in [-0.15, -0.1) is 0 Å². The monoisotopic (exact) mass is 368 g/mol. The van der Waals surface area contributed by atoms with Gasteiger partial charge < -0.3 is 14.4 Å². The van der Waals surface area contributed by atoms with Crippen molar-refractivity contribution in [3.8, 4) is 0 Å². The van der Waals surface area contributed by atoms with E-state index in [0.29, 0.717) is 6.42 Å². The summed E-state index contributed by atoms with van der Waals surface area (Å²) in [5, 5.41) is 13.0. The Kier molecular flexibility index (Phi) is 3.72. The zero-order valence-corrected chi connectivity index (χ0v) is 16.2. The largest absolute Gasteiger partial charge is 0.462 e. The molecule has 2 aromatic rings. The van der Waals surface area contributed by atoms with E-state index in [4.69, 9.17) is 4.74 Å². The van der Waals surface area contributed by atoms with Crippen molar-refractivity contribution in [1.29, 1.82) is 0 Å². The molecule has 3 aliphatic rings. The molecule has 1 N–H and O–H groups in total. The fourth-order valence-corrected chi connectivity index (χ4v) is 6.18. The fraction of sp³-hybridized carbons (Fsp3) is 0.591. The molecule has 5 nitrogen and oxygen atoms in total. The Balaban J connectivity index is 1.86. The highest BCUT2D eigenvalue weighted by Crippen LogP contribution is 2.60. The Bertz CT molecular complexity index is 920. The highest BCUT2D eigenvalue weighted by Gasteiger charge is 2.60. The summed E-state index contributed by atoms with van der Waals surface area (Å²) in [5.74, 6) is -0.512. The third kappa shape index (κ3) is 2.10. The highest BCUT2D eigenvalue weighted by atomic mass is 16.6. The fourth-order valence-electron chi connectivity index (χ4n) is 6.18. The van der Waals surface area contributed by atoms with Gasteiger partial charge in [0.1, 0.15) is 0 Å². The van der Waals surface area contributed by atoms with Gasteiger partial charge >= 0.3 is 5.97 Å². The minimum Gasteiger partial charge on any atom is -0.462 e. The molecule has 1 saturated heterocycles. The first kappa shape index (κ1) is 17.3. The van der Waals surface area contributed by atoms with Crippen LogP contribution in [-0.4, -0.2) is 40.2 Å². The number of aromatic nitrogens is 1. The van der Waals surface area contributed by atoms with Crippen LogP contribution >= 0.6 is 0 Å². The Morgan fingerprint density at radius 2 is 2.11 bits per heavy atom. The number of hydrogen-bond donors (Lipinski definition) is 1. The number of carbonyl (C=O) groups excluding carboxylic acids is 1. The summed E-state index contributed by atoms with van der Waals surface area (Å²) in [6.07, 6.45) is 4.53. The molecule has 5 rings (SSSR count). The molecule has 5 heteroatoms. The number of piperidine rings is 1. The molecular formula is C22H28N2O3. The smallest absolute Gasteiger partial charge is 0.360 e. The predicted octanol–water partition coefficient (Wildman–Crippen LogP) is 3.34. The lowest BCUT2D eigenvalue weighted by Gasteiger charge is -2.57. The van der Waals surface area contributed by atoms with E-state index in [-0.39, 0.29) is 18.1 Å². The topological polar surface area (TPSA) is 54.7 Å². The van der Waals surface area contributed by atoms with Crippen molar-refractivity contribution >= 4 is 16.9 Å². The summed E-state index contributed by atoms with van der Waals surface area (Å²) in [6, 6.07) is 8.48. The second-order valence-corrected chi connectivity index (χ2v) is 8.44. The number of benzene rings is 1. The van der Waals surface area contributed by atoms with Gasteiger partial charge in [0.25, 0.3) is 0 Å². The standard InChI is InChI=1S/C22H28N2O3/c1-3-21-11-7-12-23-13-10-16-15-8-5-6-9-17(15)24(18(16)19(21)23)22(26,14-21)20(25)27-4-2/h5-6,8-9,19,26H,3-4,7,10-14H2,1-2H3/t19-,21+,22-/m0/s1. The van der Waals surface area contributed by atoms with Crippen molar-refractivity contribution in [1.82, 2.24) is 9.47 Å². The van der Waals surface area contributed by atoms with E-state index in [1.807, 2.05) is 16.7 Å². The van der Waals surface area contributed by atoms with Gasteiger partial charge in [-0.05, 0) is 56.2 Å². The zero-order valence-electron chi connectivity index (χ0n) is 16.2. The van der Waals surface area contributed by atoms with E-state index in [1.54, 1.807) is 6.92 Å². The number of para-hydroxylation sites is 1. The number of fused-ring (bicyclic) bond motifs is 3. The van der Waals surface area contributed by atoms with Crippen LogP contribution in [0.2, 0.25) is 0 Å². The molecule has 0 radical (unpaired) electrons. The highest BCUT2D eigenvalue weighted by molar-refractivity contribution is 5.90. The van der Waals surface area contributed by atoms with Gasteiger partial charge in [-0.25, -0.2) is 4.79 Å². The molecule has 0 saturated carbocycles. The van der Waals surface area contributed by atoms with E-state index in [1.165, 1.54) is 10.9 Å². The van der Waals surface area contributed by atoms with Gasteiger partial charge in [-0.1, -0.05) is 25.1 Å². The normalized spacial score (nSPS) is 32.3. The van der Waals surface area contributed by atoms with Crippen LogP contribution in [0, 0.1) is 5.41 Å². The molecule has 1 fully saturated rings. The number of hydrogen-bond acceptors (Lipinski definition) is 4. The minimum absolute atomic E-state index is 0.0840. The van der Waals surface area contributed by atoms with Crippen molar-refractivity contribution in [2.75, 3.05) is 19.7 Å². The molecule has 0 unspecified atom stereocenters. The molecule has 144 valence electrons. The number of ether oxygens (including phenoxy) is 1. The van der Waals surface area contributed by atoms with Crippen LogP contribution in [0.1, 0.15) is 56.8 Å². The van der Waals surface area contributed by atoms with Gasteiger partial charge in [0.2, 0.25) is 5.72 Å². The van der Waals surface area contributed by atoms with E-state index in [0.717, 1.165) is 50.0 Å². The van der Waals surface area contributed by atoms with Crippen molar-refractivity contribution in [3.05, 3.63) is 35.5 Å². The van der Waals surface area contributed by atoms with Crippen molar-refractivity contribution in [2.24, 2.45) is 5.41 Å². The van der Waals surface area contributed by atoms with Crippen LogP contribution < -0.4 is 0 Å². The average molecular weight is 368 g/mol. The molecule has 3 aliphatic heterocycles. The molecule has 0 spiro atoms. The lowest BCUT2D eigenvalue weighted by atomic mass is 9.62. The second-order valence-electron chi connectivity index (χ2n) is 8.44. The summed E-state index contributed by atoms with van der Waals surface area (Å²) < 4.78 is 7.33. The lowest BCUT2D eigenvalue weighted by Crippen LogP contribution is -2.60. The first-order chi connectivity index (χ1) is 13.1. The molecule has 3 atom stereocenters. The SMILES string of the molecule is CCOC(=O)[C@@]1(O)C[C@@]2(CC)CCCN3CCc4c(n1c1ccccc41)[C@H]32. The molecular weight excluding hydrogens is 340 g/mol. The van der Waals surface area contributed by atoms with Crippen LogP contribution in [0.5, 0.6) is 0 Å². The molecule has 4 heterocycles. The Morgan fingerprint density at radius 1 is 1.30 bits per heavy atom. The number of aliphatic hydroxyl groups is 1. The number of nitrogens with zero attached hydrogens (tertiary/aromatic N) is 2. The van der Waals surface area contributed by atoms with E-state index in [2.05, 4.69) is 24.0 Å². The number of esters is 1. The van der Waals surface area contributed by atoms with Crippen molar-refractivity contribution < 1.29 is 14.6 Å². The van der Waals surface area contributed by atoms with Gasteiger partial charge in [-0.3, -0.25) is 4.90 Å². The molecule has 0 amide bonds. The van der Waals surface area contributed by atoms with Crippen LogP contribution in [0.4, 0.5) is 0 Å². The Hall–Kier alpha value is -1.85. The summed E-state index contributed by atoms with van der Waals surface area (Å²) in [7, 11) is 0. The van der Waals surface area contributed by atoms with E-state index >= 15 is 0 Å². The summed E-state index contributed by atoms with van der Waals surface area (Å²) in [6.45, 7) is 6.45. The summed E-state index contributed by atoms with van der Waals surface area (Å²) >= 11 is 0. The maximum absolute atomic E-state index is 13.1. The Morgan fingerprint density at radius 3 is 2.89 bits per heavy atom. The van der Waals surface area contributed by atoms with E-state index < -0.39 is 11.7 Å². The molecule has 0 bridgehead atoms. The van der Waals surface area contributed by atoms with Gasteiger partial charge in [-0.2, -0.15) is 0 Å². The Labute approximate surface area is 159 Å². The lowest BCUT2D eigenvalue weighted by molar-refractivity contribution is -0.196. The minimum atomic E-state index is -1.63. The van der Waals surface area contributed by atoms with Crippen LogP contribution in [-0.2, 0) is 21.7 Å². The van der Waals surface area contributed by atoms with Crippen LogP contribution in [0.15, 0.2) is 24.3 Å². The molecule has 1 aromatic carbocycles. The molecule has 1 aromatic heterocycles. The summed E-state index contributed by atoms with van der Waals surface area (Å²) in [4.78, 5) is 15.7.